The summed E-state index contributed by atoms with van der Waals surface area (Å²) in [6, 6.07) is 12.1. The Kier molecular flexibility index (Phi) is 7.92. The minimum absolute atomic E-state index is 0.0463. The number of aryl methyl sites for hydroxylation is 1. The summed E-state index contributed by atoms with van der Waals surface area (Å²) < 4.78 is 77.7. The van der Waals surface area contributed by atoms with Crippen LogP contribution < -0.4 is 9.47 Å². The summed E-state index contributed by atoms with van der Waals surface area (Å²) in [5.74, 6) is 0.373. The number of rotatable bonds is 11. The maximum Gasteiger partial charge on any atom is 0.573 e. The number of alkyl halides is 3. The molecule has 0 saturated heterocycles. The highest BCUT2D eigenvalue weighted by atomic mass is 32.2. The molecule has 194 valence electrons. The predicted octanol–water partition coefficient (Wildman–Crippen LogP) is 4.53. The normalized spacial score (nSPS) is 12.2. The van der Waals surface area contributed by atoms with Crippen LogP contribution in [-0.2, 0) is 28.7 Å². The van der Waals surface area contributed by atoms with Crippen molar-refractivity contribution in [1.82, 2.24) is 20.0 Å². The number of halogens is 3. The van der Waals surface area contributed by atoms with Gasteiger partial charge < -0.3 is 13.9 Å². The van der Waals surface area contributed by atoms with Gasteiger partial charge in [0.15, 0.2) is 9.84 Å². The van der Waals surface area contributed by atoms with Crippen LogP contribution in [0.5, 0.6) is 11.5 Å². The van der Waals surface area contributed by atoms with Crippen molar-refractivity contribution in [2.45, 2.75) is 25.3 Å². The first-order valence-corrected chi connectivity index (χ1v) is 12.7. The summed E-state index contributed by atoms with van der Waals surface area (Å²) >= 11 is 0. The molecular weight excluding hydrogens is 513 g/mol. The molecule has 0 atom stereocenters. The minimum Gasteiger partial charge on any atom is -0.487 e. The van der Waals surface area contributed by atoms with E-state index < -0.39 is 16.2 Å². The third-order valence-corrected chi connectivity index (χ3v) is 6.48. The number of hydrogen-bond acceptors (Lipinski definition) is 8. The summed E-state index contributed by atoms with van der Waals surface area (Å²) in [6.45, 7) is 0.359. The number of ether oxygens (including phenoxy) is 2. The van der Waals surface area contributed by atoms with Crippen molar-refractivity contribution in [3.05, 3.63) is 89.9 Å². The molecule has 0 aliphatic heterocycles. The lowest BCUT2D eigenvalue weighted by Crippen LogP contribution is -2.16. The van der Waals surface area contributed by atoms with Crippen LogP contribution in [0.4, 0.5) is 13.2 Å². The lowest BCUT2D eigenvalue weighted by Gasteiger charge is -2.08. The van der Waals surface area contributed by atoms with Gasteiger partial charge in [0.05, 0.1) is 24.2 Å². The molecule has 37 heavy (non-hydrogen) atoms. The van der Waals surface area contributed by atoms with E-state index in [1.807, 2.05) is 0 Å². The predicted molar refractivity (Wildman–Crippen MR) is 127 cm³/mol. The van der Waals surface area contributed by atoms with E-state index in [-0.39, 0.29) is 30.4 Å². The highest BCUT2D eigenvalue weighted by Crippen LogP contribution is 2.23. The number of oxazole rings is 1. The zero-order valence-corrected chi connectivity index (χ0v) is 20.0. The van der Waals surface area contributed by atoms with Crippen LogP contribution in [0.1, 0.15) is 22.7 Å². The standard InChI is InChI=1S/C24H21F3N4O5S/c25-24(26,27)36-22-8-1-18(2-9-22)5-10-23-29-20(16-35-23)15-34-21-6-3-19(4-7-21)17-37(32,33)14-13-31-12-11-28-30-31/h1-12,16H,13-15,17H2. The maximum absolute atomic E-state index is 12.3. The Morgan fingerprint density at radius 1 is 1.00 bits per heavy atom. The first-order valence-electron chi connectivity index (χ1n) is 10.9. The van der Waals surface area contributed by atoms with Gasteiger partial charge >= 0.3 is 6.36 Å². The van der Waals surface area contributed by atoms with Gasteiger partial charge in [-0.3, -0.25) is 4.68 Å². The average molecular weight is 535 g/mol. The summed E-state index contributed by atoms with van der Waals surface area (Å²) in [5, 5.41) is 7.40. The molecule has 0 N–H and O–H groups in total. The van der Waals surface area contributed by atoms with Crippen LogP contribution >= 0.6 is 0 Å². The van der Waals surface area contributed by atoms with Crippen LogP contribution in [0.15, 0.2) is 71.6 Å². The largest absolute Gasteiger partial charge is 0.573 e. The topological polar surface area (TPSA) is 109 Å². The molecule has 0 radical (unpaired) electrons. The minimum atomic E-state index is -4.74. The van der Waals surface area contributed by atoms with Gasteiger partial charge in [-0.05, 0) is 41.5 Å². The van der Waals surface area contributed by atoms with Crippen molar-refractivity contribution < 1.29 is 35.5 Å². The summed E-state index contributed by atoms with van der Waals surface area (Å²) in [6.07, 6.45) is 2.99. The van der Waals surface area contributed by atoms with Gasteiger partial charge in [0, 0.05) is 12.3 Å². The number of nitrogens with zero attached hydrogens (tertiary/aromatic N) is 4. The van der Waals surface area contributed by atoms with Crippen LogP contribution in [0.2, 0.25) is 0 Å². The Labute approximate surface area is 210 Å². The van der Waals surface area contributed by atoms with E-state index in [2.05, 4.69) is 20.0 Å². The molecule has 13 heteroatoms. The van der Waals surface area contributed by atoms with Gasteiger partial charge in [0.1, 0.15) is 30.1 Å². The maximum atomic E-state index is 12.3. The molecule has 2 aromatic heterocycles. The molecule has 0 unspecified atom stereocenters. The Hall–Kier alpha value is -4.13. The third kappa shape index (κ3) is 8.49. The van der Waals surface area contributed by atoms with Crippen LogP contribution in [0.3, 0.4) is 0 Å². The first-order chi connectivity index (χ1) is 17.6. The summed E-state index contributed by atoms with van der Waals surface area (Å²) in [5.41, 5.74) is 1.79. The van der Waals surface area contributed by atoms with Gasteiger partial charge in [-0.2, -0.15) is 0 Å². The zero-order valence-electron chi connectivity index (χ0n) is 19.2. The fourth-order valence-electron chi connectivity index (χ4n) is 3.16. The molecule has 0 spiro atoms. The third-order valence-electron chi connectivity index (χ3n) is 4.90. The molecule has 0 aliphatic carbocycles. The Bertz CT molecular complexity index is 1420. The quantitative estimate of drug-likeness (QED) is 0.276. The van der Waals surface area contributed by atoms with E-state index >= 15 is 0 Å². The molecule has 2 aromatic carbocycles. The highest BCUT2D eigenvalue weighted by Gasteiger charge is 2.30. The number of hydrogen-bond donors (Lipinski definition) is 0. The average Bonchev–Trinajstić information content (AvgIpc) is 3.53. The van der Waals surface area contributed by atoms with E-state index in [4.69, 9.17) is 9.15 Å². The molecule has 0 amide bonds. The molecule has 4 aromatic rings. The smallest absolute Gasteiger partial charge is 0.487 e. The number of benzene rings is 2. The van der Waals surface area contributed by atoms with Crippen LogP contribution in [-0.4, -0.2) is 40.5 Å². The van der Waals surface area contributed by atoms with E-state index in [1.54, 1.807) is 42.6 Å². The number of sulfone groups is 1. The number of aromatic nitrogens is 4. The fourth-order valence-corrected chi connectivity index (χ4v) is 4.47. The molecule has 0 aliphatic rings. The molecular formula is C24H21F3N4O5S. The zero-order chi connectivity index (χ0) is 26.3. The molecule has 0 bridgehead atoms. The van der Waals surface area contributed by atoms with Crippen molar-refractivity contribution in [1.29, 1.82) is 0 Å². The second kappa shape index (κ2) is 11.3. The van der Waals surface area contributed by atoms with Crippen molar-refractivity contribution in [2.24, 2.45) is 0 Å². The Morgan fingerprint density at radius 3 is 2.41 bits per heavy atom. The van der Waals surface area contributed by atoms with Crippen molar-refractivity contribution in [2.75, 3.05) is 5.75 Å². The van der Waals surface area contributed by atoms with Gasteiger partial charge in [0.25, 0.3) is 0 Å². The fraction of sp³-hybridized carbons (Fsp3) is 0.208. The van der Waals surface area contributed by atoms with E-state index in [0.717, 1.165) is 0 Å². The second-order valence-electron chi connectivity index (χ2n) is 7.82. The summed E-state index contributed by atoms with van der Waals surface area (Å²) in [7, 11) is -3.32. The van der Waals surface area contributed by atoms with E-state index in [9.17, 15) is 21.6 Å². The molecule has 0 saturated carbocycles. The lowest BCUT2D eigenvalue weighted by atomic mass is 10.2. The van der Waals surface area contributed by atoms with Crippen molar-refractivity contribution in [3.63, 3.8) is 0 Å². The van der Waals surface area contributed by atoms with Gasteiger partial charge in [-0.25, -0.2) is 13.4 Å². The van der Waals surface area contributed by atoms with Crippen molar-refractivity contribution in [3.8, 4) is 11.5 Å². The van der Waals surface area contributed by atoms with E-state index in [1.165, 1.54) is 41.4 Å². The highest BCUT2D eigenvalue weighted by molar-refractivity contribution is 7.90. The summed E-state index contributed by atoms with van der Waals surface area (Å²) in [4.78, 5) is 4.27. The van der Waals surface area contributed by atoms with Gasteiger partial charge in [-0.15, -0.1) is 18.3 Å². The lowest BCUT2D eigenvalue weighted by molar-refractivity contribution is -0.274. The SMILES string of the molecule is O=S(=O)(CCn1ccnn1)Cc1ccc(OCc2coc(C=Cc3ccc(OC(F)(F)F)cc3)n2)cc1. The van der Waals surface area contributed by atoms with Crippen LogP contribution in [0, 0.1) is 0 Å². The first kappa shape index (κ1) is 25.9. The van der Waals surface area contributed by atoms with Gasteiger partial charge in [-0.1, -0.05) is 29.5 Å². The molecule has 4 rings (SSSR count). The van der Waals surface area contributed by atoms with Crippen LogP contribution in [0.25, 0.3) is 12.2 Å². The molecule has 2 heterocycles. The van der Waals surface area contributed by atoms with Gasteiger partial charge in [0.2, 0.25) is 5.89 Å². The van der Waals surface area contributed by atoms with Crippen molar-refractivity contribution >= 4 is 22.0 Å². The van der Waals surface area contributed by atoms with E-state index in [0.29, 0.717) is 28.5 Å². The monoisotopic (exact) mass is 534 g/mol. The second-order valence-corrected chi connectivity index (χ2v) is 10.0. The Balaban J connectivity index is 1.25. The molecule has 0 fully saturated rings. The Morgan fingerprint density at radius 2 is 1.73 bits per heavy atom. The molecule has 9 nitrogen and oxygen atoms in total.